The Labute approximate surface area is 127 Å². The molecule has 0 heterocycles. The van der Waals surface area contributed by atoms with Crippen LogP contribution in [0.4, 0.5) is 0 Å². The number of carbonyl (C=O) groups is 1. The molecule has 2 unspecified atom stereocenters. The van der Waals surface area contributed by atoms with Crippen LogP contribution in [0.2, 0.25) is 0 Å². The summed E-state index contributed by atoms with van der Waals surface area (Å²) in [5.41, 5.74) is 0.0260. The highest BCUT2D eigenvalue weighted by molar-refractivity contribution is 9.09. The van der Waals surface area contributed by atoms with Crippen LogP contribution in [0, 0.1) is 5.92 Å². The van der Waals surface area contributed by atoms with Crippen molar-refractivity contribution in [3.63, 3.8) is 0 Å². The molecule has 1 aliphatic carbocycles. The SMILES string of the molecule is CCCCCCCC(=O)NC1(CBr)CCCC(C)C1. The van der Waals surface area contributed by atoms with Crippen LogP contribution in [-0.2, 0) is 4.79 Å². The molecule has 19 heavy (non-hydrogen) atoms. The zero-order valence-corrected chi connectivity index (χ0v) is 14.2. The lowest BCUT2D eigenvalue weighted by molar-refractivity contribution is -0.123. The molecular formula is C16H30BrNO. The van der Waals surface area contributed by atoms with Crippen LogP contribution in [0.3, 0.4) is 0 Å². The van der Waals surface area contributed by atoms with Crippen molar-refractivity contribution in [1.82, 2.24) is 5.32 Å². The van der Waals surface area contributed by atoms with Gasteiger partial charge in [-0.2, -0.15) is 0 Å². The molecule has 1 N–H and O–H groups in total. The van der Waals surface area contributed by atoms with Gasteiger partial charge in [0.15, 0.2) is 0 Å². The fraction of sp³-hybridized carbons (Fsp3) is 0.938. The fourth-order valence-electron chi connectivity index (χ4n) is 3.18. The minimum Gasteiger partial charge on any atom is -0.350 e. The zero-order chi connectivity index (χ0) is 14.1. The van der Waals surface area contributed by atoms with E-state index in [9.17, 15) is 4.79 Å². The van der Waals surface area contributed by atoms with Crippen molar-refractivity contribution < 1.29 is 4.79 Å². The quantitative estimate of drug-likeness (QED) is 0.502. The summed E-state index contributed by atoms with van der Waals surface area (Å²) >= 11 is 3.61. The van der Waals surface area contributed by atoms with Crippen molar-refractivity contribution in [3.8, 4) is 0 Å². The van der Waals surface area contributed by atoms with E-state index in [4.69, 9.17) is 0 Å². The highest BCUT2D eigenvalue weighted by atomic mass is 79.9. The summed E-state index contributed by atoms with van der Waals surface area (Å²) in [5, 5.41) is 4.21. The molecule has 0 aromatic heterocycles. The van der Waals surface area contributed by atoms with E-state index >= 15 is 0 Å². The van der Waals surface area contributed by atoms with Gasteiger partial charge in [0.1, 0.15) is 0 Å². The normalized spacial score (nSPS) is 27.2. The maximum absolute atomic E-state index is 12.1. The molecule has 1 rings (SSSR count). The smallest absolute Gasteiger partial charge is 0.220 e. The van der Waals surface area contributed by atoms with Gasteiger partial charge in [0.05, 0.1) is 0 Å². The molecule has 2 atom stereocenters. The lowest BCUT2D eigenvalue weighted by atomic mass is 9.77. The van der Waals surface area contributed by atoms with E-state index in [-0.39, 0.29) is 11.4 Å². The fourth-order valence-corrected chi connectivity index (χ4v) is 3.83. The highest BCUT2D eigenvalue weighted by Crippen LogP contribution is 2.33. The number of alkyl halides is 1. The molecule has 0 aromatic carbocycles. The molecule has 0 radical (unpaired) electrons. The molecule has 112 valence electrons. The average Bonchev–Trinajstić information content (AvgIpc) is 2.38. The van der Waals surface area contributed by atoms with Crippen molar-refractivity contribution in [2.45, 2.75) is 83.6 Å². The molecule has 0 spiro atoms. The number of unbranched alkanes of at least 4 members (excludes halogenated alkanes) is 4. The number of carbonyl (C=O) groups excluding carboxylic acids is 1. The zero-order valence-electron chi connectivity index (χ0n) is 12.6. The van der Waals surface area contributed by atoms with Gasteiger partial charge in [-0.25, -0.2) is 0 Å². The number of hydrogen-bond donors (Lipinski definition) is 1. The standard InChI is InChI=1S/C16H30BrNO/c1-3-4-5-6-7-10-15(19)18-16(13-17)11-8-9-14(2)12-16/h14H,3-13H2,1-2H3,(H,18,19). The maximum Gasteiger partial charge on any atom is 0.220 e. The predicted octanol–water partition coefficient (Wildman–Crippen LogP) is 4.81. The van der Waals surface area contributed by atoms with E-state index in [0.717, 1.165) is 30.5 Å². The minimum atomic E-state index is 0.0260. The first kappa shape index (κ1) is 17.0. The first-order chi connectivity index (χ1) is 9.12. The third kappa shape index (κ3) is 6.29. The summed E-state index contributed by atoms with van der Waals surface area (Å²) in [5.74, 6) is 0.987. The van der Waals surface area contributed by atoms with Crippen molar-refractivity contribution in [2.75, 3.05) is 5.33 Å². The molecular weight excluding hydrogens is 302 g/mol. The van der Waals surface area contributed by atoms with Crippen molar-refractivity contribution >= 4 is 21.8 Å². The Hall–Kier alpha value is -0.0500. The summed E-state index contributed by atoms with van der Waals surface area (Å²) in [4.78, 5) is 12.1. The Bertz CT molecular complexity index is 269. The Morgan fingerprint density at radius 2 is 2.05 bits per heavy atom. The van der Waals surface area contributed by atoms with E-state index < -0.39 is 0 Å². The van der Waals surface area contributed by atoms with Crippen LogP contribution in [0.25, 0.3) is 0 Å². The summed E-state index contributed by atoms with van der Waals surface area (Å²) in [6, 6.07) is 0. The molecule has 1 fully saturated rings. The first-order valence-corrected chi connectivity index (χ1v) is 9.11. The van der Waals surface area contributed by atoms with E-state index in [1.165, 1.54) is 38.5 Å². The van der Waals surface area contributed by atoms with Crippen LogP contribution < -0.4 is 5.32 Å². The molecule has 0 bridgehead atoms. The van der Waals surface area contributed by atoms with Crippen LogP contribution in [0.5, 0.6) is 0 Å². The highest BCUT2D eigenvalue weighted by Gasteiger charge is 2.35. The van der Waals surface area contributed by atoms with Crippen molar-refractivity contribution in [1.29, 1.82) is 0 Å². The van der Waals surface area contributed by atoms with Gasteiger partial charge in [0.2, 0.25) is 5.91 Å². The Kier molecular flexibility index (Phi) is 8.05. The largest absolute Gasteiger partial charge is 0.350 e. The number of hydrogen-bond acceptors (Lipinski definition) is 1. The van der Waals surface area contributed by atoms with Crippen LogP contribution in [-0.4, -0.2) is 16.8 Å². The van der Waals surface area contributed by atoms with Crippen molar-refractivity contribution in [3.05, 3.63) is 0 Å². The van der Waals surface area contributed by atoms with E-state index in [1.54, 1.807) is 0 Å². The first-order valence-electron chi connectivity index (χ1n) is 7.99. The molecule has 0 aromatic rings. The second-order valence-electron chi connectivity index (χ2n) is 6.33. The maximum atomic E-state index is 12.1. The summed E-state index contributed by atoms with van der Waals surface area (Å²) < 4.78 is 0. The Morgan fingerprint density at radius 3 is 2.68 bits per heavy atom. The summed E-state index contributed by atoms with van der Waals surface area (Å²) in [6.07, 6.45) is 11.6. The number of amides is 1. The average molecular weight is 332 g/mol. The van der Waals surface area contributed by atoms with Gasteiger partial charge in [0, 0.05) is 17.3 Å². The molecule has 1 amide bonds. The third-order valence-corrected chi connectivity index (χ3v) is 5.33. The molecule has 3 heteroatoms. The summed E-state index contributed by atoms with van der Waals surface area (Å²) in [6.45, 7) is 4.52. The molecule has 0 saturated heterocycles. The minimum absolute atomic E-state index is 0.0260. The second kappa shape index (κ2) is 8.99. The lowest BCUT2D eigenvalue weighted by Gasteiger charge is -2.39. The number of rotatable bonds is 8. The van der Waals surface area contributed by atoms with Gasteiger partial charge in [-0.3, -0.25) is 4.79 Å². The topological polar surface area (TPSA) is 29.1 Å². The monoisotopic (exact) mass is 331 g/mol. The summed E-state index contributed by atoms with van der Waals surface area (Å²) in [7, 11) is 0. The van der Waals surface area contributed by atoms with Gasteiger partial charge < -0.3 is 5.32 Å². The molecule has 1 aliphatic rings. The lowest BCUT2D eigenvalue weighted by Crippen LogP contribution is -2.52. The molecule has 1 saturated carbocycles. The van der Waals surface area contributed by atoms with Crippen molar-refractivity contribution in [2.24, 2.45) is 5.92 Å². The van der Waals surface area contributed by atoms with Gasteiger partial charge in [-0.1, -0.05) is 68.3 Å². The van der Waals surface area contributed by atoms with Crippen LogP contribution in [0.1, 0.15) is 78.1 Å². The van der Waals surface area contributed by atoms with E-state index in [2.05, 4.69) is 35.1 Å². The second-order valence-corrected chi connectivity index (χ2v) is 6.89. The third-order valence-electron chi connectivity index (χ3n) is 4.26. The Balaban J connectivity index is 2.28. The molecule has 0 aliphatic heterocycles. The van der Waals surface area contributed by atoms with E-state index in [0.29, 0.717) is 6.42 Å². The van der Waals surface area contributed by atoms with Gasteiger partial charge in [-0.05, 0) is 25.2 Å². The molecule has 2 nitrogen and oxygen atoms in total. The number of nitrogens with one attached hydrogen (secondary N) is 1. The predicted molar refractivity (Wildman–Crippen MR) is 85.7 cm³/mol. The van der Waals surface area contributed by atoms with Gasteiger partial charge in [-0.15, -0.1) is 0 Å². The Morgan fingerprint density at radius 1 is 1.32 bits per heavy atom. The van der Waals surface area contributed by atoms with Gasteiger partial charge in [0.25, 0.3) is 0 Å². The van der Waals surface area contributed by atoms with E-state index in [1.807, 2.05) is 0 Å². The number of halogens is 1. The van der Waals surface area contributed by atoms with Crippen LogP contribution in [0.15, 0.2) is 0 Å². The van der Waals surface area contributed by atoms with Gasteiger partial charge >= 0.3 is 0 Å². The van der Waals surface area contributed by atoms with Crippen LogP contribution >= 0.6 is 15.9 Å².